The highest BCUT2D eigenvalue weighted by Crippen LogP contribution is 2.26. The first kappa shape index (κ1) is 14.2. The van der Waals surface area contributed by atoms with Gasteiger partial charge in [0.25, 0.3) is 0 Å². The molecule has 0 amide bonds. The van der Waals surface area contributed by atoms with Crippen LogP contribution >= 0.6 is 0 Å². The van der Waals surface area contributed by atoms with Crippen molar-refractivity contribution < 1.29 is 19.0 Å². The van der Waals surface area contributed by atoms with Gasteiger partial charge in [0.2, 0.25) is 0 Å². The Morgan fingerprint density at radius 2 is 2.16 bits per heavy atom. The molecule has 0 bridgehead atoms. The summed E-state index contributed by atoms with van der Waals surface area (Å²) in [6, 6.07) is 9.88. The summed E-state index contributed by atoms with van der Waals surface area (Å²) in [6.07, 6.45) is 0.727. The van der Waals surface area contributed by atoms with Crippen molar-refractivity contribution in [2.75, 3.05) is 6.61 Å². The summed E-state index contributed by atoms with van der Waals surface area (Å²) in [5.41, 5.74) is 1.08. The molecule has 0 spiro atoms. The molecule has 0 N–H and O–H groups in total. The highest BCUT2D eigenvalue weighted by molar-refractivity contribution is 5.50. The second kappa shape index (κ2) is 6.28. The third kappa shape index (κ3) is 4.13. The van der Waals surface area contributed by atoms with Gasteiger partial charge in [-0.1, -0.05) is 30.3 Å². The number of ether oxygens (including phenoxy) is 3. The molecule has 1 aliphatic rings. The maximum atomic E-state index is 10.8. The Hall–Kier alpha value is -1.23. The SMILES string of the molecule is CC1(C)OC[C@H]([C@H](CC=O)OCc2ccccc2)O1. The molecule has 19 heavy (non-hydrogen) atoms. The van der Waals surface area contributed by atoms with Crippen LogP contribution in [0, 0.1) is 0 Å². The maximum absolute atomic E-state index is 10.8. The molecule has 1 saturated heterocycles. The second-order valence-corrected chi connectivity index (χ2v) is 5.10. The molecular formula is C15H20O4. The van der Waals surface area contributed by atoms with Crippen LogP contribution in [-0.4, -0.2) is 30.9 Å². The average molecular weight is 264 g/mol. The zero-order valence-electron chi connectivity index (χ0n) is 11.4. The van der Waals surface area contributed by atoms with Crippen molar-refractivity contribution in [3.8, 4) is 0 Å². The largest absolute Gasteiger partial charge is 0.370 e. The smallest absolute Gasteiger partial charge is 0.163 e. The molecule has 1 aliphatic heterocycles. The third-order valence-electron chi connectivity index (χ3n) is 3.08. The van der Waals surface area contributed by atoms with Gasteiger partial charge in [-0.3, -0.25) is 0 Å². The van der Waals surface area contributed by atoms with E-state index in [4.69, 9.17) is 14.2 Å². The van der Waals surface area contributed by atoms with Gasteiger partial charge >= 0.3 is 0 Å². The van der Waals surface area contributed by atoms with E-state index >= 15 is 0 Å². The molecule has 0 radical (unpaired) electrons. The molecule has 1 heterocycles. The number of benzene rings is 1. The quantitative estimate of drug-likeness (QED) is 0.740. The monoisotopic (exact) mass is 264 g/mol. The van der Waals surface area contributed by atoms with Crippen LogP contribution in [0.2, 0.25) is 0 Å². The Bertz CT molecular complexity index is 402. The number of hydrogen-bond donors (Lipinski definition) is 0. The standard InChI is InChI=1S/C15H20O4/c1-15(2)18-11-14(19-15)13(8-9-16)17-10-12-6-4-3-5-7-12/h3-7,9,13-14H,8,10-11H2,1-2H3/t13-,14+/m0/s1. The molecular weight excluding hydrogens is 244 g/mol. The van der Waals surface area contributed by atoms with Crippen molar-refractivity contribution in [3.63, 3.8) is 0 Å². The van der Waals surface area contributed by atoms with E-state index in [1.807, 2.05) is 44.2 Å². The number of carbonyl (C=O) groups excluding carboxylic acids is 1. The summed E-state index contributed by atoms with van der Waals surface area (Å²) in [5, 5.41) is 0. The Morgan fingerprint density at radius 1 is 1.42 bits per heavy atom. The Kier molecular flexibility index (Phi) is 4.69. The van der Waals surface area contributed by atoms with Gasteiger partial charge in [0.05, 0.1) is 19.3 Å². The molecule has 1 aromatic carbocycles. The number of hydrogen-bond acceptors (Lipinski definition) is 4. The van der Waals surface area contributed by atoms with E-state index in [2.05, 4.69) is 0 Å². The molecule has 2 rings (SSSR count). The van der Waals surface area contributed by atoms with Crippen LogP contribution in [0.4, 0.5) is 0 Å². The van der Waals surface area contributed by atoms with Gasteiger partial charge in [0.15, 0.2) is 5.79 Å². The van der Waals surface area contributed by atoms with Crippen molar-refractivity contribution in [1.82, 2.24) is 0 Å². The van der Waals surface area contributed by atoms with Crippen molar-refractivity contribution in [2.45, 2.75) is 44.9 Å². The molecule has 0 saturated carbocycles. The van der Waals surface area contributed by atoms with E-state index in [0.717, 1.165) is 11.8 Å². The summed E-state index contributed by atoms with van der Waals surface area (Å²) in [6.45, 7) is 4.66. The van der Waals surface area contributed by atoms with Crippen LogP contribution in [0.5, 0.6) is 0 Å². The van der Waals surface area contributed by atoms with Crippen molar-refractivity contribution in [3.05, 3.63) is 35.9 Å². The highest BCUT2D eigenvalue weighted by atomic mass is 16.7. The molecule has 1 aromatic rings. The van der Waals surface area contributed by atoms with Crippen LogP contribution in [0.15, 0.2) is 30.3 Å². The minimum absolute atomic E-state index is 0.191. The van der Waals surface area contributed by atoms with E-state index in [9.17, 15) is 4.79 Å². The van der Waals surface area contributed by atoms with Gasteiger partial charge in [0, 0.05) is 6.42 Å². The summed E-state index contributed by atoms with van der Waals surface area (Å²) in [4.78, 5) is 10.8. The minimum Gasteiger partial charge on any atom is -0.370 e. The maximum Gasteiger partial charge on any atom is 0.163 e. The van der Waals surface area contributed by atoms with Gasteiger partial charge < -0.3 is 19.0 Å². The van der Waals surface area contributed by atoms with Gasteiger partial charge in [0.1, 0.15) is 12.4 Å². The van der Waals surface area contributed by atoms with Crippen molar-refractivity contribution in [2.24, 2.45) is 0 Å². The van der Waals surface area contributed by atoms with Crippen LogP contribution in [0.1, 0.15) is 25.8 Å². The summed E-state index contributed by atoms with van der Waals surface area (Å²) in [7, 11) is 0. The predicted molar refractivity (Wildman–Crippen MR) is 70.6 cm³/mol. The molecule has 0 aromatic heterocycles. The van der Waals surface area contributed by atoms with Crippen LogP contribution < -0.4 is 0 Å². The van der Waals surface area contributed by atoms with E-state index in [1.54, 1.807) is 0 Å². The normalized spacial score (nSPS) is 23.2. The first-order chi connectivity index (χ1) is 9.11. The third-order valence-corrected chi connectivity index (χ3v) is 3.08. The lowest BCUT2D eigenvalue weighted by atomic mass is 10.1. The lowest BCUT2D eigenvalue weighted by Crippen LogP contribution is -2.33. The predicted octanol–water partition coefficient (Wildman–Crippen LogP) is 2.31. The molecule has 0 aliphatic carbocycles. The second-order valence-electron chi connectivity index (χ2n) is 5.10. The van der Waals surface area contributed by atoms with Crippen LogP contribution in [-0.2, 0) is 25.6 Å². The first-order valence-corrected chi connectivity index (χ1v) is 6.52. The van der Waals surface area contributed by atoms with Gasteiger partial charge in [-0.25, -0.2) is 0 Å². The van der Waals surface area contributed by atoms with Crippen LogP contribution in [0.3, 0.4) is 0 Å². The van der Waals surface area contributed by atoms with Crippen LogP contribution in [0.25, 0.3) is 0 Å². The van der Waals surface area contributed by atoms with Crippen molar-refractivity contribution in [1.29, 1.82) is 0 Å². The van der Waals surface area contributed by atoms with Gasteiger partial charge in [-0.05, 0) is 19.4 Å². The molecule has 2 atom stereocenters. The number of carbonyl (C=O) groups is 1. The Balaban J connectivity index is 1.91. The zero-order chi connectivity index (χ0) is 13.7. The molecule has 1 fully saturated rings. The summed E-state index contributed by atoms with van der Waals surface area (Å²) in [5.74, 6) is -0.595. The molecule has 104 valence electrons. The average Bonchev–Trinajstić information content (AvgIpc) is 2.76. The van der Waals surface area contributed by atoms with Gasteiger partial charge in [-0.2, -0.15) is 0 Å². The Labute approximate surface area is 113 Å². The number of aldehydes is 1. The lowest BCUT2D eigenvalue weighted by Gasteiger charge is -2.23. The molecule has 0 unspecified atom stereocenters. The zero-order valence-corrected chi connectivity index (χ0v) is 11.4. The molecule has 4 nitrogen and oxygen atoms in total. The summed E-state index contributed by atoms with van der Waals surface area (Å²) >= 11 is 0. The lowest BCUT2D eigenvalue weighted by molar-refractivity contribution is -0.159. The van der Waals surface area contributed by atoms with Gasteiger partial charge in [-0.15, -0.1) is 0 Å². The van der Waals surface area contributed by atoms with Crippen molar-refractivity contribution >= 4 is 6.29 Å². The van der Waals surface area contributed by atoms with E-state index < -0.39 is 5.79 Å². The first-order valence-electron chi connectivity index (χ1n) is 6.52. The fraction of sp³-hybridized carbons (Fsp3) is 0.533. The summed E-state index contributed by atoms with van der Waals surface area (Å²) < 4.78 is 17.1. The number of rotatable bonds is 6. The highest BCUT2D eigenvalue weighted by Gasteiger charge is 2.37. The minimum atomic E-state index is -0.595. The fourth-order valence-electron chi connectivity index (χ4n) is 2.10. The van der Waals surface area contributed by atoms with E-state index in [0.29, 0.717) is 19.6 Å². The van der Waals surface area contributed by atoms with E-state index in [-0.39, 0.29) is 12.2 Å². The van der Waals surface area contributed by atoms with E-state index in [1.165, 1.54) is 0 Å². The molecule has 4 heteroatoms. The fourth-order valence-corrected chi connectivity index (χ4v) is 2.10. The topological polar surface area (TPSA) is 44.8 Å². The Morgan fingerprint density at radius 3 is 2.74 bits per heavy atom.